The molecule has 11 aromatic rings. The number of para-hydroxylation sites is 2. The van der Waals surface area contributed by atoms with E-state index in [0.29, 0.717) is 0 Å². The predicted octanol–water partition coefficient (Wildman–Crippen LogP) is 16.9. The summed E-state index contributed by atoms with van der Waals surface area (Å²) in [7, 11) is 0. The zero-order valence-electron chi connectivity index (χ0n) is 35.7. The van der Waals surface area contributed by atoms with Crippen molar-refractivity contribution in [2.75, 3.05) is 4.90 Å². The lowest BCUT2D eigenvalue weighted by Crippen LogP contribution is -2.16. The smallest absolute Gasteiger partial charge is 0.159 e. The zero-order valence-corrected chi connectivity index (χ0v) is 35.7. The first-order valence-corrected chi connectivity index (χ1v) is 22.0. The largest absolute Gasteiger partial charge is 0.456 e. The average molecular weight is 810 g/mol. The van der Waals surface area contributed by atoms with Crippen molar-refractivity contribution in [2.24, 2.45) is 0 Å². The molecule has 2 aliphatic carbocycles. The predicted molar refractivity (Wildman–Crippen MR) is 262 cm³/mol. The van der Waals surface area contributed by atoms with Gasteiger partial charge in [-0.05, 0) is 110 Å². The maximum absolute atomic E-state index is 7.45. The number of nitrogens with zero attached hydrogens (tertiary/aromatic N) is 1. The minimum absolute atomic E-state index is 0.156. The number of hydrogen-bond donors (Lipinski definition) is 0. The third-order valence-electron chi connectivity index (χ3n) is 14.3. The van der Waals surface area contributed by atoms with Crippen LogP contribution in [0.25, 0.3) is 88.4 Å². The highest BCUT2D eigenvalue weighted by atomic mass is 16.3. The topological polar surface area (TPSA) is 29.5 Å². The highest BCUT2D eigenvalue weighted by molar-refractivity contribution is 6.24. The SMILES string of the molecule is CC1(C)c2ccccc2-c2ccc(-c3c4oc5c(N(c6ccc(-c7ccccc7)cc6)c6ccc7c(c6)C(C)(C)c6ccccc6-7)cccc5c4cc4oc5ccccc5c34)cc21. The maximum atomic E-state index is 7.45. The van der Waals surface area contributed by atoms with Crippen molar-refractivity contribution < 1.29 is 8.83 Å². The summed E-state index contributed by atoms with van der Waals surface area (Å²) in [5, 5.41) is 4.22. The summed E-state index contributed by atoms with van der Waals surface area (Å²) in [6.45, 7) is 9.39. The molecule has 3 heteroatoms. The van der Waals surface area contributed by atoms with Crippen molar-refractivity contribution >= 4 is 60.9 Å². The van der Waals surface area contributed by atoms with E-state index in [0.717, 1.165) is 72.1 Å². The molecule has 2 aliphatic rings. The summed E-state index contributed by atoms with van der Waals surface area (Å²) in [6.07, 6.45) is 0. The summed E-state index contributed by atoms with van der Waals surface area (Å²) < 4.78 is 14.2. The van der Waals surface area contributed by atoms with Crippen LogP contribution in [-0.4, -0.2) is 0 Å². The van der Waals surface area contributed by atoms with Crippen molar-refractivity contribution in [3.05, 3.63) is 210 Å². The summed E-state index contributed by atoms with van der Waals surface area (Å²) in [5.74, 6) is 0. The van der Waals surface area contributed by atoms with E-state index in [9.17, 15) is 0 Å². The fourth-order valence-electron chi connectivity index (χ4n) is 11.1. The maximum Gasteiger partial charge on any atom is 0.159 e. The number of anilines is 3. The Hall–Kier alpha value is -7.62. The Bertz CT molecular complexity index is 3680. The number of hydrogen-bond acceptors (Lipinski definition) is 3. The molecule has 2 heterocycles. The average Bonchev–Trinajstić information content (AvgIpc) is 4.02. The van der Waals surface area contributed by atoms with Crippen molar-refractivity contribution in [1.29, 1.82) is 0 Å². The molecule has 0 fully saturated rings. The normalized spacial score (nSPS) is 14.3. The third-order valence-corrected chi connectivity index (χ3v) is 14.3. The Balaban J connectivity index is 1.07. The second-order valence-corrected chi connectivity index (χ2v) is 18.4. The molecule has 0 unspecified atom stereocenters. The van der Waals surface area contributed by atoms with E-state index in [4.69, 9.17) is 8.83 Å². The van der Waals surface area contributed by atoms with Crippen LogP contribution in [0.5, 0.6) is 0 Å². The standard InChI is InChI=1S/C60H43NO2/c1-59(2)48-21-11-8-17-41(48)43-31-27-38(33-50(43)59)55-56-46-19-10-13-24-53(46)62-54(56)35-47-45-20-14-23-52(57(45)63-58(47)55)61(39-28-25-37(26-29-39)36-15-6-5-7-16-36)40-30-32-44-42-18-9-12-22-49(42)60(3,4)51(44)34-40/h5-35H,1-4H3. The fraction of sp³-hybridized carbons (Fsp3) is 0.100. The van der Waals surface area contributed by atoms with Crippen LogP contribution in [0.4, 0.5) is 17.1 Å². The van der Waals surface area contributed by atoms with E-state index >= 15 is 0 Å². The first kappa shape index (κ1) is 36.1. The van der Waals surface area contributed by atoms with Crippen molar-refractivity contribution in [3.63, 3.8) is 0 Å². The van der Waals surface area contributed by atoms with Gasteiger partial charge in [-0.15, -0.1) is 0 Å². The molecule has 9 aromatic carbocycles. The van der Waals surface area contributed by atoms with Crippen LogP contribution in [0.3, 0.4) is 0 Å². The van der Waals surface area contributed by atoms with E-state index < -0.39 is 0 Å². The van der Waals surface area contributed by atoms with Crippen LogP contribution in [0.15, 0.2) is 197 Å². The van der Waals surface area contributed by atoms with E-state index in [2.05, 4.69) is 215 Å². The molecule has 0 radical (unpaired) electrons. The lowest BCUT2D eigenvalue weighted by molar-refractivity contribution is 0.659. The molecule has 0 aliphatic heterocycles. The van der Waals surface area contributed by atoms with Gasteiger partial charge in [-0.3, -0.25) is 0 Å². The molecule has 13 rings (SSSR count). The Kier molecular flexibility index (Phi) is 7.42. The van der Waals surface area contributed by atoms with Crippen LogP contribution in [0.2, 0.25) is 0 Å². The van der Waals surface area contributed by atoms with Gasteiger partial charge in [0.1, 0.15) is 16.7 Å². The second-order valence-electron chi connectivity index (χ2n) is 18.4. The molecule has 0 N–H and O–H groups in total. The first-order chi connectivity index (χ1) is 30.8. The minimum Gasteiger partial charge on any atom is -0.456 e. The number of benzene rings is 9. The zero-order chi connectivity index (χ0) is 42.2. The molecule has 0 amide bonds. The van der Waals surface area contributed by atoms with Gasteiger partial charge >= 0.3 is 0 Å². The Morgan fingerprint density at radius 2 is 0.937 bits per heavy atom. The quantitative estimate of drug-likeness (QED) is 0.173. The van der Waals surface area contributed by atoms with Crippen LogP contribution in [0.1, 0.15) is 49.9 Å². The Labute approximate surface area is 366 Å². The number of fused-ring (bicyclic) bond motifs is 12. The minimum atomic E-state index is -0.159. The summed E-state index contributed by atoms with van der Waals surface area (Å²) in [6, 6.07) is 68.4. The molecular formula is C60H43NO2. The molecule has 0 saturated heterocycles. The molecule has 0 bridgehead atoms. The lowest BCUT2D eigenvalue weighted by Gasteiger charge is -2.28. The van der Waals surface area contributed by atoms with Crippen LogP contribution >= 0.6 is 0 Å². The monoisotopic (exact) mass is 809 g/mol. The second kappa shape index (κ2) is 13.0. The van der Waals surface area contributed by atoms with Gasteiger partial charge in [0.05, 0.1) is 5.69 Å². The van der Waals surface area contributed by atoms with Gasteiger partial charge in [0.2, 0.25) is 0 Å². The fourth-order valence-corrected chi connectivity index (χ4v) is 11.1. The number of rotatable bonds is 5. The van der Waals surface area contributed by atoms with E-state index in [1.807, 2.05) is 6.07 Å². The molecule has 0 spiro atoms. The van der Waals surface area contributed by atoms with Gasteiger partial charge in [-0.25, -0.2) is 0 Å². The van der Waals surface area contributed by atoms with Crippen molar-refractivity contribution in [1.82, 2.24) is 0 Å². The van der Waals surface area contributed by atoms with Crippen LogP contribution in [-0.2, 0) is 10.8 Å². The van der Waals surface area contributed by atoms with Crippen LogP contribution < -0.4 is 4.90 Å². The van der Waals surface area contributed by atoms with Gasteiger partial charge in [0.25, 0.3) is 0 Å². The summed E-state index contributed by atoms with van der Waals surface area (Å²) in [5.41, 5.74) is 21.3. The van der Waals surface area contributed by atoms with Gasteiger partial charge in [-0.2, -0.15) is 0 Å². The first-order valence-electron chi connectivity index (χ1n) is 22.0. The van der Waals surface area contributed by atoms with E-state index in [1.54, 1.807) is 0 Å². The van der Waals surface area contributed by atoms with Gasteiger partial charge < -0.3 is 13.7 Å². The molecule has 3 nitrogen and oxygen atoms in total. The molecule has 0 saturated carbocycles. The highest BCUT2D eigenvalue weighted by Gasteiger charge is 2.37. The van der Waals surface area contributed by atoms with Gasteiger partial charge in [0.15, 0.2) is 5.58 Å². The van der Waals surface area contributed by atoms with E-state index in [1.165, 1.54) is 55.6 Å². The van der Waals surface area contributed by atoms with Gasteiger partial charge in [-0.1, -0.05) is 167 Å². The van der Waals surface area contributed by atoms with Crippen molar-refractivity contribution in [3.8, 4) is 44.5 Å². The number of furan rings is 2. The third kappa shape index (κ3) is 5.08. The van der Waals surface area contributed by atoms with Crippen LogP contribution in [0, 0.1) is 0 Å². The molecule has 2 aromatic heterocycles. The highest BCUT2D eigenvalue weighted by Crippen LogP contribution is 2.54. The lowest BCUT2D eigenvalue weighted by atomic mass is 9.81. The van der Waals surface area contributed by atoms with E-state index in [-0.39, 0.29) is 10.8 Å². The van der Waals surface area contributed by atoms with Gasteiger partial charge in [0, 0.05) is 49.3 Å². The molecule has 63 heavy (non-hydrogen) atoms. The van der Waals surface area contributed by atoms with Crippen molar-refractivity contribution in [2.45, 2.75) is 38.5 Å². The Morgan fingerprint density at radius 1 is 0.365 bits per heavy atom. The Morgan fingerprint density at radius 3 is 1.68 bits per heavy atom. The molecular weight excluding hydrogens is 767 g/mol. The molecule has 0 atom stereocenters. The summed E-state index contributed by atoms with van der Waals surface area (Å²) in [4.78, 5) is 2.38. The molecule has 300 valence electrons. The summed E-state index contributed by atoms with van der Waals surface area (Å²) >= 11 is 0.